The van der Waals surface area contributed by atoms with Gasteiger partial charge in [-0.1, -0.05) is 24.3 Å². The third kappa shape index (κ3) is 3.11. The zero-order valence-electron chi connectivity index (χ0n) is 13.6. The highest BCUT2D eigenvalue weighted by Crippen LogP contribution is 2.23. The molecule has 4 nitrogen and oxygen atoms in total. The molecule has 0 saturated carbocycles. The van der Waals surface area contributed by atoms with E-state index in [0.717, 1.165) is 28.2 Å². The molecule has 0 saturated heterocycles. The maximum absolute atomic E-state index is 11.9. The second kappa shape index (κ2) is 6.24. The zero-order chi connectivity index (χ0) is 16.4. The number of imidazole rings is 1. The summed E-state index contributed by atoms with van der Waals surface area (Å²) in [6.45, 7) is 5.85. The van der Waals surface area contributed by atoms with Gasteiger partial charge in [0.1, 0.15) is 18.2 Å². The van der Waals surface area contributed by atoms with Crippen molar-refractivity contribution in [1.29, 1.82) is 0 Å². The number of carbonyl (C=O) groups excluding carboxylic acids is 1. The van der Waals surface area contributed by atoms with Crippen LogP contribution in [0.3, 0.4) is 0 Å². The number of aromatic nitrogens is 2. The molecule has 1 atom stereocenters. The molecule has 0 fully saturated rings. The minimum atomic E-state index is -0.265. The molecule has 23 heavy (non-hydrogen) atoms. The summed E-state index contributed by atoms with van der Waals surface area (Å²) in [6.07, 6.45) is 0. The van der Waals surface area contributed by atoms with Crippen LogP contribution in [0.25, 0.3) is 11.0 Å². The average Bonchev–Trinajstić information content (AvgIpc) is 2.90. The number of ketones is 1. The molecule has 0 aliphatic carbocycles. The van der Waals surface area contributed by atoms with Gasteiger partial charge in [0, 0.05) is 0 Å². The third-order valence-electron chi connectivity index (χ3n) is 4.00. The van der Waals surface area contributed by atoms with Crippen LogP contribution < -0.4 is 4.74 Å². The Kier molecular flexibility index (Phi) is 4.15. The number of carbonyl (C=O) groups is 1. The van der Waals surface area contributed by atoms with Crippen molar-refractivity contribution in [2.45, 2.75) is 33.4 Å². The van der Waals surface area contributed by atoms with Crippen LogP contribution in [0.4, 0.5) is 0 Å². The molecule has 1 heterocycles. The lowest BCUT2D eigenvalue weighted by Gasteiger charge is -2.15. The van der Waals surface area contributed by atoms with Crippen molar-refractivity contribution in [1.82, 2.24) is 9.55 Å². The Labute approximate surface area is 135 Å². The lowest BCUT2D eigenvalue weighted by atomic mass is 10.2. The number of ether oxygens (including phenoxy) is 1. The van der Waals surface area contributed by atoms with Crippen LogP contribution in [0.15, 0.2) is 48.5 Å². The molecular formula is C19H20N2O2. The van der Waals surface area contributed by atoms with Gasteiger partial charge in [-0.2, -0.15) is 0 Å². The second-order valence-electron chi connectivity index (χ2n) is 5.78. The molecule has 0 aliphatic rings. The summed E-state index contributed by atoms with van der Waals surface area (Å²) in [6, 6.07) is 15.5. The van der Waals surface area contributed by atoms with Crippen molar-refractivity contribution >= 4 is 16.8 Å². The first-order valence-corrected chi connectivity index (χ1v) is 7.72. The molecule has 118 valence electrons. The summed E-state index contributed by atoms with van der Waals surface area (Å²) in [5, 5.41) is 0. The van der Waals surface area contributed by atoms with Crippen LogP contribution in [0.5, 0.6) is 5.75 Å². The summed E-state index contributed by atoms with van der Waals surface area (Å²) < 4.78 is 7.84. The highest BCUT2D eigenvalue weighted by Gasteiger charge is 2.19. The number of Topliss-reactive ketones (excluding diaryl/α,β-unsaturated/α-hetero) is 1. The van der Waals surface area contributed by atoms with Crippen LogP contribution in [-0.2, 0) is 11.4 Å². The van der Waals surface area contributed by atoms with Gasteiger partial charge in [-0.05, 0) is 50.6 Å². The van der Waals surface area contributed by atoms with Gasteiger partial charge in [0.25, 0.3) is 0 Å². The molecule has 0 spiro atoms. The van der Waals surface area contributed by atoms with Gasteiger partial charge in [-0.15, -0.1) is 0 Å². The first-order valence-electron chi connectivity index (χ1n) is 7.72. The predicted octanol–water partition coefficient (Wildman–Crippen LogP) is 4.07. The van der Waals surface area contributed by atoms with Crippen LogP contribution in [-0.4, -0.2) is 15.3 Å². The summed E-state index contributed by atoms with van der Waals surface area (Å²) in [5.74, 6) is 1.67. The van der Waals surface area contributed by atoms with Crippen LogP contribution in [0, 0.1) is 6.92 Å². The Balaban J connectivity index is 1.96. The number of nitrogens with zero attached hydrogens (tertiary/aromatic N) is 2. The molecule has 3 rings (SSSR count). The number of aryl methyl sites for hydroxylation is 1. The summed E-state index contributed by atoms with van der Waals surface area (Å²) in [4.78, 5) is 16.5. The third-order valence-corrected chi connectivity index (χ3v) is 4.00. The van der Waals surface area contributed by atoms with Gasteiger partial charge < -0.3 is 9.30 Å². The van der Waals surface area contributed by atoms with E-state index in [2.05, 4.69) is 4.98 Å². The van der Waals surface area contributed by atoms with E-state index in [0.29, 0.717) is 6.61 Å². The van der Waals surface area contributed by atoms with E-state index >= 15 is 0 Å². The topological polar surface area (TPSA) is 44.1 Å². The molecule has 0 radical (unpaired) electrons. The molecule has 1 unspecified atom stereocenters. The maximum Gasteiger partial charge on any atom is 0.152 e. The largest absolute Gasteiger partial charge is 0.486 e. The molecule has 4 heteroatoms. The monoisotopic (exact) mass is 308 g/mol. The van der Waals surface area contributed by atoms with Crippen molar-refractivity contribution < 1.29 is 9.53 Å². The van der Waals surface area contributed by atoms with Gasteiger partial charge in [0.2, 0.25) is 0 Å². The fraction of sp³-hybridized carbons (Fsp3) is 0.263. The fourth-order valence-electron chi connectivity index (χ4n) is 2.66. The van der Waals surface area contributed by atoms with Crippen LogP contribution in [0.2, 0.25) is 0 Å². The summed E-state index contributed by atoms with van der Waals surface area (Å²) in [7, 11) is 0. The zero-order valence-corrected chi connectivity index (χ0v) is 13.6. The molecule has 0 aliphatic heterocycles. The molecule has 2 aromatic carbocycles. The van der Waals surface area contributed by atoms with E-state index in [1.165, 1.54) is 0 Å². The Morgan fingerprint density at radius 3 is 2.74 bits per heavy atom. The summed E-state index contributed by atoms with van der Waals surface area (Å²) in [5.41, 5.74) is 2.98. The van der Waals surface area contributed by atoms with Crippen molar-refractivity contribution in [3.05, 3.63) is 59.9 Å². The van der Waals surface area contributed by atoms with Crippen LogP contribution >= 0.6 is 0 Å². The predicted molar refractivity (Wildman–Crippen MR) is 90.6 cm³/mol. The molecular weight excluding hydrogens is 288 g/mol. The Bertz CT molecular complexity index is 851. The fourth-order valence-corrected chi connectivity index (χ4v) is 2.66. The molecule has 0 N–H and O–H groups in total. The summed E-state index contributed by atoms with van der Waals surface area (Å²) >= 11 is 0. The average molecular weight is 308 g/mol. The highest BCUT2D eigenvalue weighted by molar-refractivity contribution is 5.83. The Morgan fingerprint density at radius 1 is 1.22 bits per heavy atom. The molecule has 1 aromatic heterocycles. The van der Waals surface area contributed by atoms with E-state index in [-0.39, 0.29) is 11.8 Å². The van der Waals surface area contributed by atoms with Crippen LogP contribution in [0.1, 0.15) is 31.3 Å². The standard InChI is InChI=1S/C19H20N2O2/c1-13-7-6-8-16(11-13)23-12-19-20-17-9-4-5-10-18(17)21(19)14(2)15(3)22/h4-11,14H,12H2,1-3H3. The number of benzene rings is 2. The van der Waals surface area contributed by atoms with Crippen molar-refractivity contribution in [3.8, 4) is 5.75 Å². The quantitative estimate of drug-likeness (QED) is 0.713. The molecule has 0 amide bonds. The number of hydrogen-bond donors (Lipinski definition) is 0. The van der Waals surface area contributed by atoms with Crippen molar-refractivity contribution in [3.63, 3.8) is 0 Å². The number of fused-ring (bicyclic) bond motifs is 1. The maximum atomic E-state index is 11.9. The van der Waals surface area contributed by atoms with E-state index in [1.807, 2.05) is 66.9 Å². The molecule has 3 aromatic rings. The lowest BCUT2D eigenvalue weighted by molar-refractivity contribution is -0.119. The SMILES string of the molecule is CC(=O)C(C)n1c(COc2cccc(C)c2)nc2ccccc21. The van der Waals surface area contributed by atoms with Crippen molar-refractivity contribution in [2.24, 2.45) is 0 Å². The van der Waals surface area contributed by atoms with E-state index in [1.54, 1.807) is 6.92 Å². The smallest absolute Gasteiger partial charge is 0.152 e. The number of para-hydroxylation sites is 2. The van der Waals surface area contributed by atoms with Gasteiger partial charge in [0.15, 0.2) is 5.78 Å². The Hall–Kier alpha value is -2.62. The highest BCUT2D eigenvalue weighted by atomic mass is 16.5. The second-order valence-corrected chi connectivity index (χ2v) is 5.78. The minimum Gasteiger partial charge on any atom is -0.486 e. The first kappa shape index (κ1) is 15.3. The molecule has 0 bridgehead atoms. The van der Waals surface area contributed by atoms with E-state index in [9.17, 15) is 4.79 Å². The first-order chi connectivity index (χ1) is 11.1. The van der Waals surface area contributed by atoms with Gasteiger partial charge >= 0.3 is 0 Å². The van der Waals surface area contributed by atoms with E-state index < -0.39 is 0 Å². The number of hydrogen-bond acceptors (Lipinski definition) is 3. The van der Waals surface area contributed by atoms with Gasteiger partial charge in [0.05, 0.1) is 17.1 Å². The van der Waals surface area contributed by atoms with Gasteiger partial charge in [-0.3, -0.25) is 4.79 Å². The Morgan fingerprint density at radius 2 is 2.00 bits per heavy atom. The van der Waals surface area contributed by atoms with Gasteiger partial charge in [-0.25, -0.2) is 4.98 Å². The normalized spacial score (nSPS) is 12.3. The lowest BCUT2D eigenvalue weighted by Crippen LogP contribution is -2.17. The van der Waals surface area contributed by atoms with E-state index in [4.69, 9.17) is 4.74 Å². The number of rotatable bonds is 5. The minimum absolute atomic E-state index is 0.102. The van der Waals surface area contributed by atoms with Crippen molar-refractivity contribution in [2.75, 3.05) is 0 Å².